The normalized spacial score (nSPS) is 14.2. The number of ether oxygens (including phenoxy) is 2. The predicted octanol–water partition coefficient (Wildman–Crippen LogP) is 13.7. The first-order valence-corrected chi connectivity index (χ1v) is 23.6. The Balaban J connectivity index is 4.23. The number of esters is 1. The average molecular weight is 804 g/mol. The third kappa shape index (κ3) is 42.7. The summed E-state index contributed by atoms with van der Waals surface area (Å²) in [6.07, 6.45) is 57.1. The summed E-state index contributed by atoms with van der Waals surface area (Å²) in [4.78, 5) is 22.4. The molecule has 3 N–H and O–H groups in total. The zero-order valence-electron chi connectivity index (χ0n) is 35.6. The molecule has 322 valence electrons. The molecule has 0 aliphatic heterocycles. The maximum atomic E-state index is 12.5. The van der Waals surface area contributed by atoms with Crippen LogP contribution in [0.2, 0.25) is 0 Å². The standard InChI is InChI=1S/C47H82NO7P/c1-3-5-7-9-11-13-15-17-19-21-22-23-24-25-26-28-30-32-34-36-38-40-47(49)55-46(45-54-56(50,51)53-43-41-48)44-52-42-39-37-35-33-31-29-27-20-18-16-14-12-10-8-6-4-2/h9,11,15,17,21-22,24-25,28,30,34,36,39,42,46H,3-8,10,12-14,16,18-20,23,26-27,29,31-33,35,37-38,40-41,43-45,48H2,1-2H3,(H,50,51)/b11-9-,17-15-,22-21-,25-24-,30-28-,36-34-,42-39+. The minimum absolute atomic E-state index is 0.00209. The van der Waals surface area contributed by atoms with Crippen LogP contribution in [-0.2, 0) is 27.9 Å². The summed E-state index contributed by atoms with van der Waals surface area (Å²) in [7, 11) is -4.32. The number of carbonyl (C=O) groups excluding carboxylic acids is 1. The summed E-state index contributed by atoms with van der Waals surface area (Å²) < 4.78 is 33.1. The molecule has 8 nitrogen and oxygen atoms in total. The van der Waals surface area contributed by atoms with Crippen LogP contribution in [0.4, 0.5) is 0 Å². The molecule has 0 aromatic rings. The quantitative estimate of drug-likeness (QED) is 0.0206. The summed E-state index contributed by atoms with van der Waals surface area (Å²) in [5.74, 6) is -0.436. The second kappa shape index (κ2) is 43.6. The number of nitrogens with two attached hydrogens (primary N) is 1. The van der Waals surface area contributed by atoms with Crippen molar-refractivity contribution >= 4 is 13.8 Å². The molecule has 0 aromatic carbocycles. The fraction of sp³-hybridized carbons (Fsp3) is 0.681. The molecule has 56 heavy (non-hydrogen) atoms. The van der Waals surface area contributed by atoms with Gasteiger partial charge in [0.25, 0.3) is 0 Å². The van der Waals surface area contributed by atoms with E-state index in [0.29, 0.717) is 6.42 Å². The van der Waals surface area contributed by atoms with Crippen LogP contribution in [0.5, 0.6) is 0 Å². The highest BCUT2D eigenvalue weighted by Gasteiger charge is 2.25. The Morgan fingerprint density at radius 1 is 0.554 bits per heavy atom. The van der Waals surface area contributed by atoms with Crippen molar-refractivity contribution in [3.8, 4) is 0 Å². The number of phosphoric ester groups is 1. The molecule has 9 heteroatoms. The maximum Gasteiger partial charge on any atom is 0.472 e. The van der Waals surface area contributed by atoms with Crippen molar-refractivity contribution in [2.75, 3.05) is 26.4 Å². The first kappa shape index (κ1) is 53.5. The van der Waals surface area contributed by atoms with E-state index < -0.39 is 19.9 Å². The minimum Gasteiger partial charge on any atom is -0.498 e. The number of hydrogen-bond acceptors (Lipinski definition) is 7. The smallest absolute Gasteiger partial charge is 0.472 e. The Bertz CT molecular complexity index is 1130. The molecule has 0 rings (SSSR count). The van der Waals surface area contributed by atoms with E-state index >= 15 is 0 Å². The summed E-state index contributed by atoms with van der Waals surface area (Å²) in [6, 6.07) is 0. The Morgan fingerprint density at radius 3 is 1.46 bits per heavy atom. The van der Waals surface area contributed by atoms with Crippen LogP contribution in [-0.4, -0.2) is 43.3 Å². The molecule has 0 saturated heterocycles. The number of unbranched alkanes of at least 4 members (excludes halogenated alkanes) is 16. The molecule has 0 fully saturated rings. The summed E-state index contributed by atoms with van der Waals surface area (Å²) in [5, 5.41) is 0. The lowest BCUT2D eigenvalue weighted by molar-refractivity contribution is -0.153. The molecule has 0 saturated carbocycles. The van der Waals surface area contributed by atoms with Crippen LogP contribution < -0.4 is 5.73 Å². The number of rotatable bonds is 41. The fourth-order valence-corrected chi connectivity index (χ4v) is 6.38. The van der Waals surface area contributed by atoms with Gasteiger partial charge in [0, 0.05) is 13.0 Å². The molecule has 0 aliphatic carbocycles. The van der Waals surface area contributed by atoms with Gasteiger partial charge < -0.3 is 20.1 Å². The first-order valence-electron chi connectivity index (χ1n) is 22.1. The van der Waals surface area contributed by atoms with Crippen molar-refractivity contribution in [2.24, 2.45) is 5.73 Å². The highest BCUT2D eigenvalue weighted by molar-refractivity contribution is 7.47. The monoisotopic (exact) mass is 804 g/mol. The van der Waals surface area contributed by atoms with Crippen LogP contribution in [0.3, 0.4) is 0 Å². The fourth-order valence-electron chi connectivity index (χ4n) is 5.61. The van der Waals surface area contributed by atoms with E-state index in [1.807, 2.05) is 18.2 Å². The van der Waals surface area contributed by atoms with Crippen LogP contribution in [0, 0.1) is 0 Å². The van der Waals surface area contributed by atoms with Gasteiger partial charge >= 0.3 is 13.8 Å². The van der Waals surface area contributed by atoms with E-state index in [0.717, 1.165) is 44.9 Å². The van der Waals surface area contributed by atoms with Crippen molar-refractivity contribution in [1.82, 2.24) is 0 Å². The van der Waals surface area contributed by atoms with Crippen molar-refractivity contribution in [1.29, 1.82) is 0 Å². The highest BCUT2D eigenvalue weighted by atomic mass is 31.2. The van der Waals surface area contributed by atoms with Crippen molar-refractivity contribution < 1.29 is 32.8 Å². The average Bonchev–Trinajstić information content (AvgIpc) is 3.19. The highest BCUT2D eigenvalue weighted by Crippen LogP contribution is 2.43. The molecule has 0 radical (unpaired) electrons. The van der Waals surface area contributed by atoms with Gasteiger partial charge in [-0.15, -0.1) is 0 Å². The van der Waals surface area contributed by atoms with Crippen LogP contribution in [0.1, 0.15) is 174 Å². The van der Waals surface area contributed by atoms with Crippen molar-refractivity contribution in [3.05, 3.63) is 85.3 Å². The first-order chi connectivity index (χ1) is 27.4. The molecule has 0 bridgehead atoms. The minimum atomic E-state index is -4.32. The van der Waals surface area contributed by atoms with E-state index in [1.54, 1.807) is 6.26 Å². The number of hydrogen-bond donors (Lipinski definition) is 2. The van der Waals surface area contributed by atoms with Gasteiger partial charge in [0.05, 0.1) is 19.5 Å². The molecule has 0 aliphatic rings. The third-order valence-electron chi connectivity index (χ3n) is 8.89. The van der Waals surface area contributed by atoms with Gasteiger partial charge in [0.15, 0.2) is 6.10 Å². The van der Waals surface area contributed by atoms with E-state index in [9.17, 15) is 14.3 Å². The molecular weight excluding hydrogens is 721 g/mol. The Kier molecular flexibility index (Phi) is 41.7. The summed E-state index contributed by atoms with van der Waals surface area (Å²) in [5.41, 5.74) is 5.36. The third-order valence-corrected chi connectivity index (χ3v) is 9.88. The lowest BCUT2D eigenvalue weighted by atomic mass is 10.0. The second-order valence-electron chi connectivity index (χ2n) is 14.3. The topological polar surface area (TPSA) is 117 Å². The van der Waals surface area contributed by atoms with Gasteiger partial charge in [-0.3, -0.25) is 13.8 Å². The lowest BCUT2D eigenvalue weighted by Crippen LogP contribution is -2.27. The summed E-state index contributed by atoms with van der Waals surface area (Å²) >= 11 is 0. The van der Waals surface area contributed by atoms with Gasteiger partial charge in [0.1, 0.15) is 6.61 Å². The molecule has 0 aromatic heterocycles. The van der Waals surface area contributed by atoms with Gasteiger partial charge in [-0.1, -0.05) is 183 Å². The molecular formula is C47H82NO7P. The van der Waals surface area contributed by atoms with Crippen LogP contribution in [0.15, 0.2) is 85.3 Å². The zero-order valence-corrected chi connectivity index (χ0v) is 36.5. The number of phosphoric acid groups is 1. The SMILES string of the molecule is CCCC/C=C\C/C=C\C/C=C\C/C=C\C/C=C\C/C=C\CCC(=O)OC(CO/C=C/CCCCCCCCCCCCCCCC)COP(=O)(O)OCCN. The van der Waals surface area contributed by atoms with Gasteiger partial charge in [-0.2, -0.15) is 0 Å². The van der Waals surface area contributed by atoms with E-state index in [-0.39, 0.29) is 32.8 Å². The number of carbonyl (C=O) groups is 1. The maximum absolute atomic E-state index is 12.5. The predicted molar refractivity (Wildman–Crippen MR) is 237 cm³/mol. The van der Waals surface area contributed by atoms with E-state index in [4.69, 9.17) is 24.3 Å². The van der Waals surface area contributed by atoms with Gasteiger partial charge in [-0.05, 0) is 63.9 Å². The lowest BCUT2D eigenvalue weighted by Gasteiger charge is -2.19. The number of allylic oxidation sites excluding steroid dienone is 13. The van der Waals surface area contributed by atoms with Crippen molar-refractivity contribution in [2.45, 2.75) is 180 Å². The zero-order chi connectivity index (χ0) is 40.9. The molecule has 0 spiro atoms. The Labute approximate surface area is 343 Å². The molecule has 2 atom stereocenters. The van der Waals surface area contributed by atoms with Crippen molar-refractivity contribution in [3.63, 3.8) is 0 Å². The largest absolute Gasteiger partial charge is 0.498 e. The van der Waals surface area contributed by atoms with Crippen LogP contribution >= 0.6 is 7.82 Å². The second-order valence-corrected chi connectivity index (χ2v) is 15.7. The molecule has 2 unspecified atom stereocenters. The Hall–Kier alpha value is -2.48. The summed E-state index contributed by atoms with van der Waals surface area (Å²) in [6.45, 7) is 4.10. The molecule has 0 heterocycles. The van der Waals surface area contributed by atoms with E-state index in [1.165, 1.54) is 103 Å². The van der Waals surface area contributed by atoms with E-state index in [2.05, 4.69) is 74.6 Å². The van der Waals surface area contributed by atoms with Gasteiger partial charge in [0.2, 0.25) is 0 Å². The van der Waals surface area contributed by atoms with Gasteiger partial charge in [-0.25, -0.2) is 4.57 Å². The van der Waals surface area contributed by atoms with Crippen LogP contribution in [0.25, 0.3) is 0 Å². The molecule has 0 amide bonds. The Morgan fingerprint density at radius 2 is 0.982 bits per heavy atom.